The third-order valence-electron chi connectivity index (χ3n) is 3.59. The highest BCUT2D eigenvalue weighted by molar-refractivity contribution is 5.80. The third kappa shape index (κ3) is 4.88. The van der Waals surface area contributed by atoms with Gasteiger partial charge in [0.2, 0.25) is 0 Å². The van der Waals surface area contributed by atoms with Crippen molar-refractivity contribution < 1.29 is 19.0 Å². The molecule has 0 aromatic heterocycles. The number of ether oxygens (including phenoxy) is 3. The van der Waals surface area contributed by atoms with Crippen LogP contribution in [0.4, 0.5) is 0 Å². The molecule has 1 N–H and O–H groups in total. The summed E-state index contributed by atoms with van der Waals surface area (Å²) in [5, 5.41) is 11.7. The zero-order chi connectivity index (χ0) is 18.2. The van der Waals surface area contributed by atoms with Crippen molar-refractivity contribution in [3.05, 3.63) is 53.6 Å². The molecular weight excluding hydrogens is 320 g/mol. The number of nitrogens with zero attached hydrogens (tertiary/aromatic N) is 1. The number of nitrogens with one attached hydrogen (secondary N) is 1. The molecule has 0 heterocycles. The van der Waals surface area contributed by atoms with E-state index in [4.69, 9.17) is 19.5 Å². The van der Waals surface area contributed by atoms with Gasteiger partial charge in [-0.2, -0.15) is 5.26 Å². The molecule has 0 fully saturated rings. The van der Waals surface area contributed by atoms with Crippen LogP contribution >= 0.6 is 0 Å². The van der Waals surface area contributed by atoms with Gasteiger partial charge in [0.15, 0.2) is 17.6 Å². The molecule has 0 radical (unpaired) electrons. The average Bonchev–Trinajstić information content (AvgIpc) is 2.66. The highest BCUT2D eigenvalue weighted by atomic mass is 16.5. The van der Waals surface area contributed by atoms with Crippen LogP contribution in [0.15, 0.2) is 42.5 Å². The van der Waals surface area contributed by atoms with E-state index in [2.05, 4.69) is 5.32 Å². The molecule has 0 saturated carbocycles. The molecule has 0 bridgehead atoms. The maximum atomic E-state index is 12.2. The largest absolute Gasteiger partial charge is 0.497 e. The summed E-state index contributed by atoms with van der Waals surface area (Å²) in [6.45, 7) is 2.04. The monoisotopic (exact) mass is 340 g/mol. The summed E-state index contributed by atoms with van der Waals surface area (Å²) in [5.41, 5.74) is 1.41. The number of rotatable bonds is 7. The summed E-state index contributed by atoms with van der Waals surface area (Å²) in [6, 6.07) is 14.3. The molecule has 1 amide bonds. The topological polar surface area (TPSA) is 80.6 Å². The zero-order valence-corrected chi connectivity index (χ0v) is 14.4. The molecule has 1 unspecified atom stereocenters. The van der Waals surface area contributed by atoms with Crippen molar-refractivity contribution >= 4 is 5.91 Å². The van der Waals surface area contributed by atoms with Gasteiger partial charge >= 0.3 is 0 Å². The Balaban J connectivity index is 1.94. The van der Waals surface area contributed by atoms with Crippen LogP contribution in [0.2, 0.25) is 0 Å². The SMILES string of the molecule is COc1ccc(CNC(=O)C(C)Oc2ccc(C#N)cc2OC)cc1. The molecule has 2 aromatic carbocycles. The van der Waals surface area contributed by atoms with Crippen LogP contribution in [0, 0.1) is 11.3 Å². The minimum Gasteiger partial charge on any atom is -0.497 e. The van der Waals surface area contributed by atoms with Crippen molar-refractivity contribution in [1.29, 1.82) is 5.26 Å². The van der Waals surface area contributed by atoms with E-state index in [0.717, 1.165) is 11.3 Å². The molecule has 0 saturated heterocycles. The first-order valence-corrected chi connectivity index (χ1v) is 7.72. The predicted octanol–water partition coefficient (Wildman–Crippen LogP) is 2.66. The number of carbonyl (C=O) groups excluding carboxylic acids is 1. The number of methoxy groups -OCH3 is 2. The lowest BCUT2D eigenvalue weighted by Crippen LogP contribution is -2.35. The van der Waals surface area contributed by atoms with Crippen molar-refractivity contribution in [2.24, 2.45) is 0 Å². The fourth-order valence-electron chi connectivity index (χ4n) is 2.15. The van der Waals surface area contributed by atoms with Crippen LogP contribution in [0.3, 0.4) is 0 Å². The van der Waals surface area contributed by atoms with E-state index >= 15 is 0 Å². The Morgan fingerprint density at radius 3 is 2.44 bits per heavy atom. The van der Waals surface area contributed by atoms with Gasteiger partial charge in [-0.15, -0.1) is 0 Å². The predicted molar refractivity (Wildman–Crippen MR) is 92.6 cm³/mol. The summed E-state index contributed by atoms with van der Waals surface area (Å²) in [5.74, 6) is 1.34. The van der Waals surface area contributed by atoms with E-state index in [1.54, 1.807) is 32.2 Å². The number of hydrogen-bond donors (Lipinski definition) is 1. The minimum atomic E-state index is -0.708. The Kier molecular flexibility index (Phi) is 6.24. The number of carbonyl (C=O) groups is 1. The first-order valence-electron chi connectivity index (χ1n) is 7.72. The van der Waals surface area contributed by atoms with Crippen LogP contribution in [0.1, 0.15) is 18.1 Å². The van der Waals surface area contributed by atoms with E-state index in [-0.39, 0.29) is 5.91 Å². The summed E-state index contributed by atoms with van der Waals surface area (Å²) in [4.78, 5) is 12.2. The van der Waals surface area contributed by atoms with Gasteiger partial charge in [0.05, 0.1) is 25.9 Å². The lowest BCUT2D eigenvalue weighted by molar-refractivity contribution is -0.127. The van der Waals surface area contributed by atoms with Gasteiger partial charge in [-0.25, -0.2) is 0 Å². The number of benzene rings is 2. The Bertz CT molecular complexity index is 766. The fourth-order valence-corrected chi connectivity index (χ4v) is 2.15. The van der Waals surface area contributed by atoms with Gasteiger partial charge in [-0.3, -0.25) is 4.79 Å². The standard InChI is InChI=1S/C19H20N2O4/c1-13(25-17-9-6-15(11-20)10-18(17)24-3)19(22)21-12-14-4-7-16(23-2)8-5-14/h4-10,13H,12H2,1-3H3,(H,21,22). The minimum absolute atomic E-state index is 0.248. The molecule has 0 aliphatic carbocycles. The second-order valence-electron chi connectivity index (χ2n) is 5.30. The van der Waals surface area contributed by atoms with Crippen molar-refractivity contribution in [3.8, 4) is 23.3 Å². The molecule has 1 atom stereocenters. The van der Waals surface area contributed by atoms with Crippen molar-refractivity contribution in [1.82, 2.24) is 5.32 Å². The van der Waals surface area contributed by atoms with Crippen LogP contribution in [0.5, 0.6) is 17.2 Å². The number of nitriles is 1. The van der Waals surface area contributed by atoms with Crippen LogP contribution in [-0.2, 0) is 11.3 Å². The van der Waals surface area contributed by atoms with E-state index in [0.29, 0.717) is 23.6 Å². The Labute approximate surface area is 146 Å². The van der Waals surface area contributed by atoms with Gasteiger partial charge < -0.3 is 19.5 Å². The van der Waals surface area contributed by atoms with Gasteiger partial charge in [0, 0.05) is 12.6 Å². The number of hydrogen-bond acceptors (Lipinski definition) is 5. The van der Waals surface area contributed by atoms with Gasteiger partial charge in [0.1, 0.15) is 5.75 Å². The fraction of sp³-hybridized carbons (Fsp3) is 0.263. The van der Waals surface area contributed by atoms with Crippen molar-refractivity contribution in [2.45, 2.75) is 19.6 Å². The normalized spacial score (nSPS) is 11.1. The van der Waals surface area contributed by atoms with E-state index in [9.17, 15) is 4.79 Å². The summed E-state index contributed by atoms with van der Waals surface area (Å²) < 4.78 is 16.0. The Morgan fingerprint density at radius 2 is 1.84 bits per heavy atom. The van der Waals surface area contributed by atoms with Gasteiger partial charge in [-0.1, -0.05) is 12.1 Å². The maximum Gasteiger partial charge on any atom is 0.261 e. The first kappa shape index (κ1) is 18.1. The molecule has 0 aliphatic rings. The maximum absolute atomic E-state index is 12.2. The Hall–Kier alpha value is -3.20. The second kappa shape index (κ2) is 8.60. The van der Waals surface area contributed by atoms with E-state index < -0.39 is 6.10 Å². The molecule has 6 nitrogen and oxygen atoms in total. The average molecular weight is 340 g/mol. The molecule has 2 aromatic rings. The van der Waals surface area contributed by atoms with Gasteiger partial charge in [0.25, 0.3) is 5.91 Å². The van der Waals surface area contributed by atoms with Crippen molar-refractivity contribution in [2.75, 3.05) is 14.2 Å². The third-order valence-corrected chi connectivity index (χ3v) is 3.59. The molecule has 25 heavy (non-hydrogen) atoms. The first-order chi connectivity index (χ1) is 12.1. The summed E-state index contributed by atoms with van der Waals surface area (Å²) in [7, 11) is 3.09. The highest BCUT2D eigenvalue weighted by Crippen LogP contribution is 2.28. The smallest absolute Gasteiger partial charge is 0.261 e. The van der Waals surface area contributed by atoms with Crippen LogP contribution in [0.25, 0.3) is 0 Å². The van der Waals surface area contributed by atoms with Crippen LogP contribution < -0.4 is 19.5 Å². The van der Waals surface area contributed by atoms with Crippen LogP contribution in [-0.4, -0.2) is 26.2 Å². The summed E-state index contributed by atoms with van der Waals surface area (Å²) in [6.07, 6.45) is -0.708. The lowest BCUT2D eigenvalue weighted by Gasteiger charge is -2.17. The second-order valence-corrected chi connectivity index (χ2v) is 5.30. The highest BCUT2D eigenvalue weighted by Gasteiger charge is 2.17. The van der Waals surface area contributed by atoms with E-state index in [1.165, 1.54) is 7.11 Å². The molecule has 6 heteroatoms. The van der Waals surface area contributed by atoms with Crippen molar-refractivity contribution in [3.63, 3.8) is 0 Å². The molecule has 130 valence electrons. The lowest BCUT2D eigenvalue weighted by atomic mass is 10.2. The molecule has 0 spiro atoms. The summed E-state index contributed by atoms with van der Waals surface area (Å²) >= 11 is 0. The molecule has 0 aliphatic heterocycles. The Morgan fingerprint density at radius 1 is 1.12 bits per heavy atom. The number of amides is 1. The van der Waals surface area contributed by atoms with Gasteiger partial charge in [-0.05, 0) is 36.8 Å². The van der Waals surface area contributed by atoms with E-state index in [1.807, 2.05) is 30.3 Å². The zero-order valence-electron chi connectivity index (χ0n) is 14.4. The molecule has 2 rings (SSSR count). The molecular formula is C19H20N2O4. The quantitative estimate of drug-likeness (QED) is 0.838.